The van der Waals surface area contributed by atoms with Gasteiger partial charge in [-0.2, -0.15) is 0 Å². The van der Waals surface area contributed by atoms with Gasteiger partial charge in [-0.1, -0.05) is 6.08 Å². The highest BCUT2D eigenvalue weighted by atomic mass is 16.5. The molecule has 0 saturated carbocycles. The average molecular weight is 158 g/mol. The highest BCUT2D eigenvalue weighted by molar-refractivity contribution is 5.79. The van der Waals surface area contributed by atoms with Gasteiger partial charge in [-0.25, -0.2) is 0 Å². The number of ether oxygens (including phenoxy) is 1. The Hall–Kier alpha value is -0.670. The Kier molecular flexibility index (Phi) is 4.74. The molecule has 2 unspecified atom stereocenters. The normalized spacial score (nSPS) is 15.5. The van der Waals surface area contributed by atoms with Gasteiger partial charge in [0.15, 0.2) is 0 Å². The molecule has 0 spiro atoms. The second kappa shape index (κ2) is 5.04. The van der Waals surface area contributed by atoms with Crippen molar-refractivity contribution >= 4 is 5.78 Å². The van der Waals surface area contributed by atoms with E-state index in [-0.39, 0.29) is 12.4 Å². The van der Waals surface area contributed by atoms with Gasteiger partial charge in [0.05, 0.1) is 18.6 Å². The summed E-state index contributed by atoms with van der Waals surface area (Å²) in [5.74, 6) is -0.559. The fraction of sp³-hybridized carbons (Fsp3) is 0.625. The molecular formula is C8H14O3. The Morgan fingerprint density at radius 1 is 1.82 bits per heavy atom. The lowest BCUT2D eigenvalue weighted by Crippen LogP contribution is -2.28. The van der Waals surface area contributed by atoms with Gasteiger partial charge in [0.25, 0.3) is 0 Å². The van der Waals surface area contributed by atoms with Gasteiger partial charge in [-0.15, -0.1) is 6.58 Å². The molecule has 0 heterocycles. The van der Waals surface area contributed by atoms with Gasteiger partial charge >= 0.3 is 0 Å². The number of methoxy groups -OCH3 is 1. The van der Waals surface area contributed by atoms with Crippen LogP contribution in [0.5, 0.6) is 0 Å². The lowest BCUT2D eigenvalue weighted by molar-refractivity contribution is -0.125. The van der Waals surface area contributed by atoms with Crippen molar-refractivity contribution in [3.05, 3.63) is 12.7 Å². The zero-order valence-corrected chi connectivity index (χ0v) is 6.91. The van der Waals surface area contributed by atoms with E-state index in [1.54, 1.807) is 0 Å². The van der Waals surface area contributed by atoms with Gasteiger partial charge in [-0.05, 0) is 6.92 Å². The fourth-order valence-electron chi connectivity index (χ4n) is 0.800. The maximum absolute atomic E-state index is 10.8. The smallest absolute Gasteiger partial charge is 0.138 e. The van der Waals surface area contributed by atoms with E-state index >= 15 is 0 Å². The van der Waals surface area contributed by atoms with Crippen LogP contribution in [-0.2, 0) is 9.53 Å². The van der Waals surface area contributed by atoms with Gasteiger partial charge in [0.2, 0.25) is 0 Å². The number of hydrogen-bond donors (Lipinski definition) is 1. The minimum absolute atomic E-state index is 0.0840. The van der Waals surface area contributed by atoms with E-state index in [2.05, 4.69) is 6.58 Å². The van der Waals surface area contributed by atoms with Crippen LogP contribution in [0.25, 0.3) is 0 Å². The molecular weight excluding hydrogens is 144 g/mol. The number of carbonyl (C=O) groups is 1. The average Bonchev–Trinajstić information content (AvgIpc) is 1.98. The molecule has 0 aliphatic heterocycles. The molecule has 0 aromatic heterocycles. The quantitative estimate of drug-likeness (QED) is 0.588. The summed E-state index contributed by atoms with van der Waals surface area (Å²) in [6.45, 7) is 5.05. The summed E-state index contributed by atoms with van der Waals surface area (Å²) in [6.07, 6.45) is 0.540. The van der Waals surface area contributed by atoms with E-state index in [4.69, 9.17) is 4.74 Å². The van der Waals surface area contributed by atoms with E-state index < -0.39 is 12.0 Å². The number of ketones is 1. The van der Waals surface area contributed by atoms with Crippen molar-refractivity contribution in [2.24, 2.45) is 5.92 Å². The summed E-state index contributed by atoms with van der Waals surface area (Å²) < 4.78 is 4.76. The van der Waals surface area contributed by atoms with Crippen molar-refractivity contribution in [2.75, 3.05) is 13.7 Å². The number of hydrogen-bond acceptors (Lipinski definition) is 3. The first-order valence-electron chi connectivity index (χ1n) is 3.43. The zero-order chi connectivity index (χ0) is 8.85. The molecule has 0 saturated heterocycles. The largest absolute Gasteiger partial charge is 0.388 e. The van der Waals surface area contributed by atoms with Crippen LogP contribution in [0, 0.1) is 5.92 Å². The molecule has 64 valence electrons. The molecule has 0 aromatic carbocycles. The highest BCUT2D eigenvalue weighted by Gasteiger charge is 2.20. The molecule has 3 heteroatoms. The van der Waals surface area contributed by atoms with Crippen molar-refractivity contribution in [2.45, 2.75) is 13.0 Å². The molecule has 0 aliphatic rings. The van der Waals surface area contributed by atoms with Crippen LogP contribution in [0.15, 0.2) is 12.7 Å². The molecule has 11 heavy (non-hydrogen) atoms. The van der Waals surface area contributed by atoms with Crippen LogP contribution in [0.3, 0.4) is 0 Å². The third-order valence-corrected chi connectivity index (χ3v) is 1.52. The molecule has 0 aromatic rings. The van der Waals surface area contributed by atoms with Crippen LogP contribution in [0.1, 0.15) is 6.92 Å². The lowest BCUT2D eigenvalue weighted by atomic mass is 9.99. The monoisotopic (exact) mass is 158 g/mol. The second-order valence-electron chi connectivity index (χ2n) is 2.40. The molecule has 0 radical (unpaired) electrons. The number of Topliss-reactive ketones (excluding diaryl/α,β-unsaturated/α-hetero) is 1. The Balaban J connectivity index is 4.08. The summed E-state index contributed by atoms with van der Waals surface area (Å²) in [6, 6.07) is 0. The van der Waals surface area contributed by atoms with E-state index in [1.165, 1.54) is 20.1 Å². The standard InChI is InChI=1S/C8H14O3/c1-4-8(10)7(5-11-3)6(2)9/h4,7-8,10H,1,5H2,2-3H3. The number of aliphatic hydroxyl groups excluding tert-OH is 1. The SMILES string of the molecule is C=CC(O)C(COC)C(C)=O. The molecule has 0 bridgehead atoms. The van der Waals surface area contributed by atoms with Crippen molar-refractivity contribution < 1.29 is 14.6 Å². The Labute approximate surface area is 66.7 Å². The molecule has 1 N–H and O–H groups in total. The molecule has 0 fully saturated rings. The van der Waals surface area contributed by atoms with Crippen molar-refractivity contribution in [1.29, 1.82) is 0 Å². The van der Waals surface area contributed by atoms with E-state index in [1.807, 2.05) is 0 Å². The van der Waals surface area contributed by atoms with Crippen LogP contribution < -0.4 is 0 Å². The van der Waals surface area contributed by atoms with Gasteiger partial charge in [0, 0.05) is 7.11 Å². The summed E-state index contributed by atoms with van der Waals surface area (Å²) in [4.78, 5) is 10.8. The lowest BCUT2D eigenvalue weighted by Gasteiger charge is -2.15. The fourth-order valence-corrected chi connectivity index (χ4v) is 0.800. The van der Waals surface area contributed by atoms with Gasteiger partial charge < -0.3 is 9.84 Å². The summed E-state index contributed by atoms with van der Waals surface area (Å²) >= 11 is 0. The summed E-state index contributed by atoms with van der Waals surface area (Å²) in [7, 11) is 1.49. The maximum atomic E-state index is 10.8. The first kappa shape index (κ1) is 10.3. The second-order valence-corrected chi connectivity index (χ2v) is 2.40. The van der Waals surface area contributed by atoms with Crippen molar-refractivity contribution in [3.63, 3.8) is 0 Å². The van der Waals surface area contributed by atoms with Crippen molar-refractivity contribution in [3.8, 4) is 0 Å². The van der Waals surface area contributed by atoms with Crippen LogP contribution in [0.2, 0.25) is 0 Å². The molecule has 3 nitrogen and oxygen atoms in total. The molecule has 0 rings (SSSR count). The minimum Gasteiger partial charge on any atom is -0.388 e. The van der Waals surface area contributed by atoms with E-state index in [9.17, 15) is 9.90 Å². The maximum Gasteiger partial charge on any atom is 0.138 e. The van der Waals surface area contributed by atoms with Crippen LogP contribution >= 0.6 is 0 Å². The van der Waals surface area contributed by atoms with E-state index in [0.717, 1.165) is 0 Å². The number of rotatable bonds is 5. The first-order chi connectivity index (χ1) is 5.13. The molecule has 0 amide bonds. The topological polar surface area (TPSA) is 46.5 Å². The first-order valence-corrected chi connectivity index (χ1v) is 3.43. The van der Waals surface area contributed by atoms with Crippen LogP contribution in [-0.4, -0.2) is 30.7 Å². The predicted octanol–water partition coefficient (Wildman–Crippen LogP) is 0.385. The zero-order valence-electron chi connectivity index (χ0n) is 6.91. The number of carbonyl (C=O) groups excluding carboxylic acids is 1. The predicted molar refractivity (Wildman–Crippen MR) is 42.3 cm³/mol. The third kappa shape index (κ3) is 3.30. The van der Waals surface area contributed by atoms with Gasteiger partial charge in [-0.3, -0.25) is 4.79 Å². The molecule has 0 aliphatic carbocycles. The summed E-state index contributed by atoms with van der Waals surface area (Å²) in [5, 5.41) is 9.20. The van der Waals surface area contributed by atoms with E-state index in [0.29, 0.717) is 0 Å². The summed E-state index contributed by atoms with van der Waals surface area (Å²) in [5.41, 5.74) is 0. The van der Waals surface area contributed by atoms with Gasteiger partial charge in [0.1, 0.15) is 5.78 Å². The minimum atomic E-state index is -0.799. The third-order valence-electron chi connectivity index (χ3n) is 1.52. The number of aliphatic hydroxyl groups is 1. The Bertz CT molecular complexity index is 142. The molecule has 2 atom stereocenters. The Morgan fingerprint density at radius 3 is 2.64 bits per heavy atom. The van der Waals surface area contributed by atoms with Crippen molar-refractivity contribution in [1.82, 2.24) is 0 Å². The van der Waals surface area contributed by atoms with Crippen LogP contribution in [0.4, 0.5) is 0 Å². The Morgan fingerprint density at radius 2 is 2.36 bits per heavy atom. The highest BCUT2D eigenvalue weighted by Crippen LogP contribution is 2.06.